The Bertz CT molecular complexity index is 2460. The van der Waals surface area contributed by atoms with E-state index in [0.717, 1.165) is 45.3 Å². The summed E-state index contributed by atoms with van der Waals surface area (Å²) in [6.07, 6.45) is 0. The molecule has 9 rings (SSSR count). The number of hydrogen-bond acceptors (Lipinski definition) is 2. The van der Waals surface area contributed by atoms with Crippen molar-refractivity contribution < 1.29 is 0 Å². The Kier molecular flexibility index (Phi) is 7.14. The molecule has 1 aromatic heterocycles. The summed E-state index contributed by atoms with van der Waals surface area (Å²) in [5.41, 5.74) is 10.00. The quantitative estimate of drug-likeness (QED) is 0.174. The second-order valence-electron chi connectivity index (χ2n) is 12.3. The van der Waals surface area contributed by atoms with E-state index >= 15 is 0 Å². The lowest BCUT2D eigenvalue weighted by atomic mass is 10.1. The highest BCUT2D eigenvalue weighted by atomic mass is 15.2. The second kappa shape index (κ2) is 12.2. The van der Waals surface area contributed by atoms with Crippen LogP contribution in [0.15, 0.2) is 200 Å². The van der Waals surface area contributed by atoms with Crippen molar-refractivity contribution in [2.75, 3.05) is 9.80 Å². The summed E-state index contributed by atoms with van der Waals surface area (Å²) in [6.45, 7) is 0. The molecule has 49 heavy (non-hydrogen) atoms. The summed E-state index contributed by atoms with van der Waals surface area (Å²) in [7, 11) is 0. The minimum absolute atomic E-state index is 1.07. The third kappa shape index (κ3) is 5.09. The number of aromatic nitrogens is 1. The van der Waals surface area contributed by atoms with Crippen LogP contribution in [0.4, 0.5) is 34.1 Å². The third-order valence-electron chi connectivity index (χ3n) is 9.28. The molecular formula is C46H33N3. The zero-order chi connectivity index (χ0) is 32.6. The van der Waals surface area contributed by atoms with Gasteiger partial charge in [-0.2, -0.15) is 0 Å². The number of para-hydroxylation sites is 5. The smallest absolute Gasteiger partial charge is 0.0583 e. The van der Waals surface area contributed by atoms with E-state index in [-0.39, 0.29) is 0 Å². The summed E-state index contributed by atoms with van der Waals surface area (Å²) >= 11 is 0. The number of benzene rings is 8. The van der Waals surface area contributed by atoms with Gasteiger partial charge in [-0.15, -0.1) is 0 Å². The van der Waals surface area contributed by atoms with Crippen LogP contribution >= 0.6 is 0 Å². The van der Waals surface area contributed by atoms with Crippen molar-refractivity contribution in [3.05, 3.63) is 200 Å². The molecule has 1 heterocycles. The molecule has 3 nitrogen and oxygen atoms in total. The van der Waals surface area contributed by atoms with E-state index < -0.39 is 0 Å². The van der Waals surface area contributed by atoms with Crippen molar-refractivity contribution in [3.8, 4) is 5.69 Å². The first kappa shape index (κ1) is 28.6. The third-order valence-corrected chi connectivity index (χ3v) is 9.28. The summed E-state index contributed by atoms with van der Waals surface area (Å²) in [4.78, 5) is 4.76. The van der Waals surface area contributed by atoms with Gasteiger partial charge in [-0.3, -0.25) is 0 Å². The fourth-order valence-electron chi connectivity index (χ4n) is 7.14. The average Bonchev–Trinajstić information content (AvgIpc) is 3.51. The zero-order valence-electron chi connectivity index (χ0n) is 26.9. The van der Waals surface area contributed by atoms with Crippen LogP contribution in [-0.4, -0.2) is 4.57 Å². The Labute approximate surface area is 286 Å². The van der Waals surface area contributed by atoms with Gasteiger partial charge in [0.25, 0.3) is 0 Å². The van der Waals surface area contributed by atoms with Gasteiger partial charge in [0.2, 0.25) is 0 Å². The van der Waals surface area contributed by atoms with Crippen LogP contribution in [0.1, 0.15) is 0 Å². The Hall–Kier alpha value is -6.58. The van der Waals surface area contributed by atoms with Gasteiger partial charge in [-0.1, -0.05) is 121 Å². The number of anilines is 6. The molecule has 0 bridgehead atoms. The van der Waals surface area contributed by atoms with Crippen molar-refractivity contribution >= 4 is 66.7 Å². The van der Waals surface area contributed by atoms with Gasteiger partial charge in [-0.05, 0) is 89.6 Å². The van der Waals surface area contributed by atoms with E-state index in [9.17, 15) is 0 Å². The van der Waals surface area contributed by atoms with Gasteiger partial charge in [0, 0.05) is 39.2 Å². The van der Waals surface area contributed by atoms with E-state index in [0.29, 0.717) is 0 Å². The molecule has 0 spiro atoms. The molecule has 0 saturated carbocycles. The maximum Gasteiger partial charge on any atom is 0.0583 e. The minimum atomic E-state index is 1.07. The maximum absolute atomic E-state index is 2.44. The van der Waals surface area contributed by atoms with Gasteiger partial charge in [0.05, 0.1) is 22.4 Å². The lowest BCUT2D eigenvalue weighted by Gasteiger charge is -2.30. The molecule has 232 valence electrons. The second-order valence-corrected chi connectivity index (χ2v) is 12.3. The molecule has 0 aliphatic carbocycles. The maximum atomic E-state index is 2.44. The van der Waals surface area contributed by atoms with Crippen LogP contribution in [0.25, 0.3) is 38.3 Å². The van der Waals surface area contributed by atoms with E-state index in [1.165, 1.54) is 27.1 Å². The SMILES string of the molecule is c1ccc(N(c2ccccc2)c2cc(N(c3ccccc3)c3ccccc3)c3c4ccccc4n(-c4ccc5ccccc5c4)c3c2)cc1. The van der Waals surface area contributed by atoms with Crippen molar-refractivity contribution in [1.82, 2.24) is 4.57 Å². The number of hydrogen-bond donors (Lipinski definition) is 0. The molecule has 0 saturated heterocycles. The Morgan fingerprint density at radius 3 is 1.41 bits per heavy atom. The summed E-state index contributed by atoms with van der Waals surface area (Å²) in [5.74, 6) is 0. The molecule has 0 amide bonds. The molecule has 8 aromatic carbocycles. The molecular weight excluding hydrogens is 595 g/mol. The molecule has 0 atom stereocenters. The molecule has 0 aliphatic heterocycles. The van der Waals surface area contributed by atoms with Gasteiger partial charge in [0.15, 0.2) is 0 Å². The van der Waals surface area contributed by atoms with Gasteiger partial charge >= 0.3 is 0 Å². The largest absolute Gasteiger partial charge is 0.310 e. The van der Waals surface area contributed by atoms with Crippen LogP contribution < -0.4 is 9.80 Å². The zero-order valence-corrected chi connectivity index (χ0v) is 26.9. The molecule has 0 radical (unpaired) electrons. The normalized spacial score (nSPS) is 11.3. The predicted octanol–water partition coefficient (Wildman–Crippen LogP) is 12.9. The Morgan fingerprint density at radius 2 is 0.816 bits per heavy atom. The lowest BCUT2D eigenvalue weighted by molar-refractivity contribution is 1.18. The molecule has 9 aromatic rings. The molecule has 0 fully saturated rings. The van der Waals surface area contributed by atoms with Crippen LogP contribution in [0.3, 0.4) is 0 Å². The summed E-state index contributed by atoms with van der Waals surface area (Å²) in [6, 6.07) is 71.6. The van der Waals surface area contributed by atoms with Crippen molar-refractivity contribution in [2.45, 2.75) is 0 Å². The van der Waals surface area contributed by atoms with Gasteiger partial charge in [0.1, 0.15) is 0 Å². The van der Waals surface area contributed by atoms with Crippen molar-refractivity contribution in [2.24, 2.45) is 0 Å². The van der Waals surface area contributed by atoms with Gasteiger partial charge in [-0.25, -0.2) is 0 Å². The predicted molar refractivity (Wildman–Crippen MR) is 208 cm³/mol. The highest BCUT2D eigenvalue weighted by molar-refractivity contribution is 6.18. The van der Waals surface area contributed by atoms with Crippen LogP contribution in [0.2, 0.25) is 0 Å². The molecule has 0 unspecified atom stereocenters. The van der Waals surface area contributed by atoms with E-state index in [4.69, 9.17) is 0 Å². The minimum Gasteiger partial charge on any atom is -0.310 e. The van der Waals surface area contributed by atoms with E-state index in [1.54, 1.807) is 0 Å². The summed E-state index contributed by atoms with van der Waals surface area (Å²) in [5, 5.41) is 4.84. The molecule has 0 N–H and O–H groups in total. The fraction of sp³-hybridized carbons (Fsp3) is 0. The monoisotopic (exact) mass is 627 g/mol. The Morgan fingerprint density at radius 1 is 0.327 bits per heavy atom. The van der Waals surface area contributed by atoms with Crippen LogP contribution in [-0.2, 0) is 0 Å². The number of nitrogens with zero attached hydrogens (tertiary/aromatic N) is 3. The van der Waals surface area contributed by atoms with Gasteiger partial charge < -0.3 is 14.4 Å². The van der Waals surface area contributed by atoms with E-state index in [2.05, 4.69) is 215 Å². The van der Waals surface area contributed by atoms with Crippen LogP contribution in [0.5, 0.6) is 0 Å². The lowest BCUT2D eigenvalue weighted by Crippen LogP contribution is -2.14. The topological polar surface area (TPSA) is 11.4 Å². The highest BCUT2D eigenvalue weighted by Crippen LogP contribution is 2.48. The first-order valence-corrected chi connectivity index (χ1v) is 16.7. The number of rotatable bonds is 7. The van der Waals surface area contributed by atoms with Crippen molar-refractivity contribution in [1.29, 1.82) is 0 Å². The Balaban J connectivity index is 1.44. The highest BCUT2D eigenvalue weighted by Gasteiger charge is 2.24. The first-order chi connectivity index (χ1) is 24.3. The van der Waals surface area contributed by atoms with Crippen molar-refractivity contribution in [3.63, 3.8) is 0 Å². The summed E-state index contributed by atoms with van der Waals surface area (Å²) < 4.78 is 2.44. The molecule has 0 aliphatic rings. The van der Waals surface area contributed by atoms with Crippen LogP contribution in [0, 0.1) is 0 Å². The molecule has 3 heteroatoms. The standard InChI is InChI=1S/C46H33N3/c1-5-19-36(20-6-1)47(37-21-7-2-8-22-37)41-32-44(48(38-23-9-3-10-24-38)39-25-11-4-12-26-39)46-42-27-15-16-28-43(42)49(45(46)33-41)40-30-29-34-17-13-14-18-35(34)31-40/h1-33H. The average molecular weight is 628 g/mol. The van der Waals surface area contributed by atoms with E-state index in [1.807, 2.05) is 0 Å². The fourth-order valence-corrected chi connectivity index (χ4v) is 7.14. The first-order valence-electron chi connectivity index (χ1n) is 16.7. The number of fused-ring (bicyclic) bond motifs is 4.